The van der Waals surface area contributed by atoms with Gasteiger partial charge in [0.15, 0.2) is 5.82 Å². The molecule has 3 atom stereocenters. The van der Waals surface area contributed by atoms with Crippen molar-refractivity contribution in [3.8, 4) is 0 Å². The Bertz CT molecular complexity index is 1200. The number of hydrogen-bond donors (Lipinski definition) is 3. The van der Waals surface area contributed by atoms with E-state index in [0.717, 1.165) is 4.31 Å². The number of carbonyl (C=O) groups excluding carboxylic acids is 2. The van der Waals surface area contributed by atoms with Crippen LogP contribution in [0.3, 0.4) is 0 Å². The van der Waals surface area contributed by atoms with Gasteiger partial charge in [0.1, 0.15) is 22.8 Å². The first-order chi connectivity index (χ1) is 17.2. The molecule has 1 aromatic carbocycles. The molecule has 0 spiro atoms. The molecule has 1 aromatic heterocycles. The number of nitrogens with zero attached hydrogens (tertiary/aromatic N) is 3. The van der Waals surface area contributed by atoms with Crippen LogP contribution in [0.5, 0.6) is 0 Å². The maximum absolute atomic E-state index is 15.6. The number of nitrogens with one attached hydrogen (secondary N) is 1. The van der Waals surface area contributed by atoms with E-state index in [-0.39, 0.29) is 30.9 Å². The Labute approximate surface area is 216 Å². The Morgan fingerprint density at radius 1 is 1.30 bits per heavy atom. The van der Waals surface area contributed by atoms with Gasteiger partial charge in [-0.2, -0.15) is 0 Å². The van der Waals surface area contributed by atoms with Gasteiger partial charge in [0, 0.05) is 44.5 Å². The second-order valence-corrected chi connectivity index (χ2v) is 10.8. The highest BCUT2D eigenvalue weighted by Crippen LogP contribution is 2.33. The first-order valence-electron chi connectivity index (χ1n) is 11.6. The minimum atomic E-state index is -2.71. The summed E-state index contributed by atoms with van der Waals surface area (Å²) in [6, 6.07) is 3.09. The van der Waals surface area contributed by atoms with Gasteiger partial charge in [0.25, 0.3) is 17.2 Å². The van der Waals surface area contributed by atoms with E-state index >= 15 is 4.39 Å². The van der Waals surface area contributed by atoms with Crippen molar-refractivity contribution in [2.45, 2.75) is 45.8 Å². The number of aliphatic hydroxyl groups excluding tert-OH is 1. The summed E-state index contributed by atoms with van der Waals surface area (Å²) in [5.41, 5.74) is -0.890. The smallest absolute Gasteiger partial charge is 0.410 e. The number of ether oxygens (including phenoxy) is 1. The van der Waals surface area contributed by atoms with E-state index in [1.165, 1.54) is 47.8 Å². The number of rotatable bonds is 6. The maximum Gasteiger partial charge on any atom is 0.410 e. The highest BCUT2D eigenvalue weighted by Gasteiger charge is 2.40. The lowest BCUT2D eigenvalue weighted by atomic mass is 9.92. The Kier molecular flexibility index (Phi) is 8.60. The van der Waals surface area contributed by atoms with Crippen molar-refractivity contribution < 1.29 is 37.0 Å². The molecule has 0 radical (unpaired) electrons. The number of halogens is 2. The molecule has 1 saturated heterocycles. The minimum Gasteiger partial charge on any atom is -0.444 e. The topological polar surface area (TPSA) is 124 Å². The summed E-state index contributed by atoms with van der Waals surface area (Å²) in [5, 5.41) is 12.5. The standard InChI is InChI=1S/C24H32F2N4O6S/c1-14-10-16(6-7-17(14)25)27-22(32)21-20(26)19(12-28(21)5)30(37(34)35)18-8-9-29(11-15(18)13-31)23(33)36-24(2,3)4/h6-7,10,12,15,18,31H,8-9,11,13H2,1-5H3,(H,27,32)(H,34,35). The fourth-order valence-corrected chi connectivity index (χ4v) is 5.09. The van der Waals surface area contributed by atoms with Crippen LogP contribution in [0, 0.1) is 24.5 Å². The zero-order chi connectivity index (χ0) is 27.7. The van der Waals surface area contributed by atoms with Gasteiger partial charge in [0.05, 0.1) is 6.04 Å². The summed E-state index contributed by atoms with van der Waals surface area (Å²) in [6.07, 6.45) is 0.770. The zero-order valence-electron chi connectivity index (χ0n) is 21.3. The van der Waals surface area contributed by atoms with E-state index in [2.05, 4.69) is 5.32 Å². The molecule has 10 nitrogen and oxygen atoms in total. The van der Waals surface area contributed by atoms with Gasteiger partial charge < -0.3 is 24.6 Å². The Balaban J connectivity index is 1.87. The lowest BCUT2D eigenvalue weighted by Gasteiger charge is -2.42. The van der Waals surface area contributed by atoms with Crippen molar-refractivity contribution in [1.82, 2.24) is 9.47 Å². The number of hydrogen-bond acceptors (Lipinski definition) is 5. The zero-order valence-corrected chi connectivity index (χ0v) is 22.1. The van der Waals surface area contributed by atoms with Crippen LogP contribution in [0.15, 0.2) is 24.4 Å². The molecule has 2 aromatic rings. The molecular weight excluding hydrogens is 510 g/mol. The number of benzene rings is 1. The molecule has 0 aliphatic carbocycles. The molecule has 2 heterocycles. The van der Waals surface area contributed by atoms with Crippen LogP contribution in [-0.4, -0.2) is 66.7 Å². The van der Waals surface area contributed by atoms with Crippen LogP contribution in [0.2, 0.25) is 0 Å². The van der Waals surface area contributed by atoms with E-state index in [1.807, 2.05) is 0 Å². The van der Waals surface area contributed by atoms with Crippen LogP contribution in [0.1, 0.15) is 43.2 Å². The number of anilines is 2. The molecule has 3 N–H and O–H groups in total. The molecule has 0 saturated carbocycles. The number of aliphatic hydroxyl groups is 1. The van der Waals surface area contributed by atoms with Crippen molar-refractivity contribution in [1.29, 1.82) is 0 Å². The van der Waals surface area contributed by atoms with Crippen molar-refractivity contribution in [2.24, 2.45) is 13.0 Å². The number of aromatic nitrogens is 1. The van der Waals surface area contributed by atoms with E-state index in [9.17, 15) is 27.8 Å². The summed E-state index contributed by atoms with van der Waals surface area (Å²) in [7, 11) is 1.41. The SMILES string of the molecule is Cc1cc(NC(=O)c2c(F)c(N(C3CCN(C(=O)OC(C)(C)C)CC3CO)S(=O)O)cn2C)ccc1F. The number of piperidine rings is 1. The molecule has 3 unspecified atom stereocenters. The summed E-state index contributed by atoms with van der Waals surface area (Å²) in [4.78, 5) is 26.8. The Morgan fingerprint density at radius 2 is 1.97 bits per heavy atom. The summed E-state index contributed by atoms with van der Waals surface area (Å²) >= 11 is -2.71. The third-order valence-electron chi connectivity index (χ3n) is 6.02. The van der Waals surface area contributed by atoms with Crippen molar-refractivity contribution in [3.63, 3.8) is 0 Å². The number of likely N-dealkylation sites (tertiary alicyclic amines) is 1. The summed E-state index contributed by atoms with van der Waals surface area (Å²) < 4.78 is 59.1. The van der Waals surface area contributed by atoms with Crippen LogP contribution in [0.25, 0.3) is 0 Å². The first-order valence-corrected chi connectivity index (χ1v) is 12.7. The molecule has 3 rings (SSSR count). The number of amides is 2. The van der Waals surface area contributed by atoms with Crippen molar-refractivity contribution >= 4 is 34.6 Å². The second-order valence-electron chi connectivity index (χ2n) is 9.99. The van der Waals surface area contributed by atoms with E-state index in [1.54, 1.807) is 20.8 Å². The van der Waals surface area contributed by atoms with Gasteiger partial charge >= 0.3 is 6.09 Å². The molecule has 37 heavy (non-hydrogen) atoms. The fourth-order valence-electron chi connectivity index (χ4n) is 4.29. The third kappa shape index (κ3) is 6.46. The normalized spacial score (nSPS) is 18.9. The first kappa shape index (κ1) is 28.5. The second kappa shape index (κ2) is 11.2. The molecule has 1 aliphatic rings. The predicted molar refractivity (Wildman–Crippen MR) is 134 cm³/mol. The van der Waals surface area contributed by atoms with Crippen molar-refractivity contribution in [3.05, 3.63) is 47.3 Å². The number of aryl methyl sites for hydroxylation is 2. The lowest BCUT2D eigenvalue weighted by molar-refractivity contribution is 0.0109. The molecule has 13 heteroatoms. The summed E-state index contributed by atoms with van der Waals surface area (Å²) in [5.74, 6) is -3.02. The number of carbonyl (C=O) groups is 2. The molecule has 1 fully saturated rings. The summed E-state index contributed by atoms with van der Waals surface area (Å²) in [6.45, 7) is 6.42. The van der Waals surface area contributed by atoms with Gasteiger partial charge in [-0.05, 0) is 57.9 Å². The van der Waals surface area contributed by atoms with E-state index in [4.69, 9.17) is 4.74 Å². The van der Waals surface area contributed by atoms with Gasteiger partial charge in [-0.15, -0.1) is 0 Å². The predicted octanol–water partition coefficient (Wildman–Crippen LogP) is 3.43. The quantitative estimate of drug-likeness (QED) is 0.481. The minimum absolute atomic E-state index is 0.0233. The highest BCUT2D eigenvalue weighted by atomic mass is 32.2. The molecular formula is C24H32F2N4O6S. The average Bonchev–Trinajstić information content (AvgIpc) is 3.08. The highest BCUT2D eigenvalue weighted by molar-refractivity contribution is 7.80. The third-order valence-corrected chi connectivity index (χ3v) is 6.82. The van der Waals surface area contributed by atoms with E-state index in [0.29, 0.717) is 5.56 Å². The van der Waals surface area contributed by atoms with Gasteiger partial charge in [-0.1, -0.05) is 0 Å². The largest absolute Gasteiger partial charge is 0.444 e. The molecule has 204 valence electrons. The maximum atomic E-state index is 15.6. The fraction of sp³-hybridized carbons (Fsp3) is 0.500. The van der Waals surface area contributed by atoms with Crippen LogP contribution in [0.4, 0.5) is 25.0 Å². The lowest BCUT2D eigenvalue weighted by Crippen LogP contribution is -2.55. The van der Waals surface area contributed by atoms with Gasteiger partial charge in [-0.3, -0.25) is 13.7 Å². The van der Waals surface area contributed by atoms with Crippen molar-refractivity contribution in [2.75, 3.05) is 29.3 Å². The molecule has 0 bridgehead atoms. The van der Waals surface area contributed by atoms with Crippen LogP contribution >= 0.6 is 0 Å². The van der Waals surface area contributed by atoms with Gasteiger partial charge in [0.2, 0.25) is 0 Å². The monoisotopic (exact) mass is 542 g/mol. The molecule has 2 amide bonds. The van der Waals surface area contributed by atoms with Gasteiger partial charge in [-0.25, -0.2) is 17.8 Å². The van der Waals surface area contributed by atoms with Crippen LogP contribution in [-0.2, 0) is 23.1 Å². The van der Waals surface area contributed by atoms with Crippen LogP contribution < -0.4 is 9.62 Å². The Hall–Kier alpha value is -3.03. The Morgan fingerprint density at radius 3 is 2.54 bits per heavy atom. The average molecular weight is 543 g/mol. The molecule has 1 aliphatic heterocycles. The van der Waals surface area contributed by atoms with E-state index < -0.39 is 64.8 Å².